The van der Waals surface area contributed by atoms with E-state index in [1.54, 1.807) is 6.07 Å². The van der Waals surface area contributed by atoms with Gasteiger partial charge in [0.05, 0.1) is 12.0 Å². The van der Waals surface area contributed by atoms with E-state index in [1.807, 2.05) is 12.1 Å². The Morgan fingerprint density at radius 2 is 2.13 bits per heavy atom. The summed E-state index contributed by atoms with van der Waals surface area (Å²) in [5.41, 5.74) is 2.48. The Morgan fingerprint density at radius 3 is 2.87 bits per heavy atom. The first-order valence-electron chi connectivity index (χ1n) is 5.07. The minimum Gasteiger partial charge on any atom is -0.389 e. The molecule has 0 atom stereocenters. The second kappa shape index (κ2) is 3.85. The Balaban J connectivity index is 2.38. The van der Waals surface area contributed by atoms with Crippen LogP contribution in [0.5, 0.6) is 0 Å². The SMILES string of the molecule is CCCc1ccc2c(c1)CC(=O)OC2=O. The third-order valence-corrected chi connectivity index (χ3v) is 2.47. The maximum absolute atomic E-state index is 11.3. The van der Waals surface area contributed by atoms with Crippen LogP contribution in [0.15, 0.2) is 18.2 Å². The molecule has 0 aromatic heterocycles. The average Bonchev–Trinajstić information content (AvgIpc) is 2.17. The third kappa shape index (κ3) is 1.91. The lowest BCUT2D eigenvalue weighted by atomic mass is 9.98. The Hall–Kier alpha value is -1.64. The average molecular weight is 204 g/mol. The van der Waals surface area contributed by atoms with E-state index >= 15 is 0 Å². The van der Waals surface area contributed by atoms with Crippen LogP contribution in [-0.2, 0) is 22.4 Å². The predicted molar refractivity (Wildman–Crippen MR) is 54.6 cm³/mol. The number of aryl methyl sites for hydroxylation is 1. The minimum atomic E-state index is -0.524. The van der Waals surface area contributed by atoms with E-state index in [2.05, 4.69) is 11.7 Å². The molecule has 0 saturated carbocycles. The molecular weight excluding hydrogens is 192 g/mol. The fourth-order valence-electron chi connectivity index (χ4n) is 1.79. The molecule has 0 unspecified atom stereocenters. The molecule has 0 amide bonds. The number of hydrogen-bond donors (Lipinski definition) is 0. The van der Waals surface area contributed by atoms with Gasteiger partial charge in [-0.1, -0.05) is 25.5 Å². The minimum absolute atomic E-state index is 0.207. The predicted octanol–water partition coefficient (Wildman–Crippen LogP) is 1.88. The molecule has 0 fully saturated rings. The monoisotopic (exact) mass is 204 g/mol. The summed E-state index contributed by atoms with van der Waals surface area (Å²) in [6.07, 6.45) is 2.23. The molecule has 1 heterocycles. The lowest BCUT2D eigenvalue weighted by molar-refractivity contribution is -0.137. The van der Waals surface area contributed by atoms with Gasteiger partial charge in [-0.3, -0.25) is 4.79 Å². The van der Waals surface area contributed by atoms with Crippen LogP contribution in [0, 0.1) is 0 Å². The van der Waals surface area contributed by atoms with Gasteiger partial charge in [-0.25, -0.2) is 4.79 Å². The van der Waals surface area contributed by atoms with Crippen LogP contribution in [-0.4, -0.2) is 11.9 Å². The van der Waals surface area contributed by atoms with Crippen LogP contribution in [0.3, 0.4) is 0 Å². The summed E-state index contributed by atoms with van der Waals surface area (Å²) in [6.45, 7) is 2.10. The number of esters is 2. The number of benzene rings is 1. The molecule has 1 aliphatic rings. The molecule has 78 valence electrons. The van der Waals surface area contributed by atoms with Gasteiger partial charge in [-0.15, -0.1) is 0 Å². The highest BCUT2D eigenvalue weighted by Gasteiger charge is 2.24. The quantitative estimate of drug-likeness (QED) is 0.545. The number of carbonyl (C=O) groups excluding carboxylic acids is 2. The van der Waals surface area contributed by atoms with Crippen molar-refractivity contribution in [1.82, 2.24) is 0 Å². The van der Waals surface area contributed by atoms with Gasteiger partial charge >= 0.3 is 11.9 Å². The van der Waals surface area contributed by atoms with Crippen molar-refractivity contribution >= 4 is 11.9 Å². The Kier molecular flexibility index (Phi) is 2.54. The van der Waals surface area contributed by atoms with Gasteiger partial charge in [-0.05, 0) is 23.6 Å². The smallest absolute Gasteiger partial charge is 0.346 e. The van der Waals surface area contributed by atoms with Crippen molar-refractivity contribution in [3.63, 3.8) is 0 Å². The zero-order chi connectivity index (χ0) is 10.8. The highest BCUT2D eigenvalue weighted by atomic mass is 16.6. The molecule has 3 nitrogen and oxygen atoms in total. The fourth-order valence-corrected chi connectivity index (χ4v) is 1.79. The molecule has 0 saturated heterocycles. The van der Waals surface area contributed by atoms with E-state index in [9.17, 15) is 9.59 Å². The molecule has 0 bridgehead atoms. The van der Waals surface area contributed by atoms with Crippen LogP contribution in [0.2, 0.25) is 0 Å². The number of hydrogen-bond acceptors (Lipinski definition) is 3. The number of carbonyl (C=O) groups is 2. The first-order chi connectivity index (χ1) is 7.20. The Bertz CT molecular complexity index is 421. The number of ether oxygens (including phenoxy) is 1. The molecule has 1 aliphatic heterocycles. The topological polar surface area (TPSA) is 43.4 Å². The van der Waals surface area contributed by atoms with Gasteiger partial charge < -0.3 is 4.74 Å². The second-order valence-electron chi connectivity index (χ2n) is 3.68. The maximum Gasteiger partial charge on any atom is 0.346 e. The van der Waals surface area contributed by atoms with Crippen molar-refractivity contribution in [1.29, 1.82) is 0 Å². The van der Waals surface area contributed by atoms with Crippen LogP contribution in [0.4, 0.5) is 0 Å². The lowest BCUT2D eigenvalue weighted by Crippen LogP contribution is -2.22. The maximum atomic E-state index is 11.3. The molecule has 0 spiro atoms. The summed E-state index contributed by atoms with van der Waals surface area (Å²) in [6, 6.07) is 5.59. The zero-order valence-electron chi connectivity index (χ0n) is 8.58. The van der Waals surface area contributed by atoms with Gasteiger partial charge in [0.25, 0.3) is 0 Å². The first kappa shape index (κ1) is 9.90. The standard InChI is InChI=1S/C12H12O3/c1-2-3-8-4-5-10-9(6-8)7-11(13)15-12(10)14/h4-6H,2-3,7H2,1H3. The van der Waals surface area contributed by atoms with Crippen molar-refractivity contribution in [3.8, 4) is 0 Å². The summed E-state index contributed by atoms with van der Waals surface area (Å²) in [5.74, 6) is -0.981. The van der Waals surface area contributed by atoms with E-state index in [4.69, 9.17) is 0 Å². The van der Waals surface area contributed by atoms with E-state index in [-0.39, 0.29) is 6.42 Å². The molecule has 1 aromatic carbocycles. The number of cyclic esters (lactones) is 2. The van der Waals surface area contributed by atoms with Crippen molar-refractivity contribution in [2.45, 2.75) is 26.2 Å². The van der Waals surface area contributed by atoms with Gasteiger partial charge in [0.2, 0.25) is 0 Å². The van der Waals surface area contributed by atoms with Crippen molar-refractivity contribution < 1.29 is 14.3 Å². The number of fused-ring (bicyclic) bond motifs is 1. The van der Waals surface area contributed by atoms with Crippen molar-refractivity contribution in [3.05, 3.63) is 34.9 Å². The van der Waals surface area contributed by atoms with Crippen LogP contribution in [0.1, 0.15) is 34.8 Å². The van der Waals surface area contributed by atoms with Crippen molar-refractivity contribution in [2.24, 2.45) is 0 Å². The fraction of sp³-hybridized carbons (Fsp3) is 0.333. The molecule has 3 heteroatoms. The molecule has 0 aliphatic carbocycles. The highest BCUT2D eigenvalue weighted by Crippen LogP contribution is 2.19. The van der Waals surface area contributed by atoms with Gasteiger partial charge in [0.15, 0.2) is 0 Å². The van der Waals surface area contributed by atoms with E-state index < -0.39 is 11.9 Å². The normalized spacial score (nSPS) is 14.7. The van der Waals surface area contributed by atoms with E-state index in [0.717, 1.165) is 18.4 Å². The highest BCUT2D eigenvalue weighted by molar-refractivity contribution is 6.02. The Morgan fingerprint density at radius 1 is 1.33 bits per heavy atom. The molecule has 15 heavy (non-hydrogen) atoms. The summed E-state index contributed by atoms with van der Waals surface area (Å²) in [4.78, 5) is 22.4. The summed E-state index contributed by atoms with van der Waals surface area (Å²) in [5, 5.41) is 0. The van der Waals surface area contributed by atoms with Crippen LogP contribution < -0.4 is 0 Å². The van der Waals surface area contributed by atoms with Gasteiger partial charge in [0.1, 0.15) is 0 Å². The van der Waals surface area contributed by atoms with Crippen LogP contribution >= 0.6 is 0 Å². The third-order valence-electron chi connectivity index (χ3n) is 2.47. The second-order valence-corrected chi connectivity index (χ2v) is 3.68. The zero-order valence-corrected chi connectivity index (χ0v) is 8.58. The summed E-state index contributed by atoms with van der Waals surface area (Å²) >= 11 is 0. The molecule has 2 rings (SSSR count). The number of rotatable bonds is 2. The van der Waals surface area contributed by atoms with Gasteiger partial charge in [0, 0.05) is 0 Å². The Labute approximate surface area is 88.1 Å². The lowest BCUT2D eigenvalue weighted by Gasteiger charge is -2.14. The largest absolute Gasteiger partial charge is 0.389 e. The summed E-state index contributed by atoms with van der Waals surface area (Å²) in [7, 11) is 0. The van der Waals surface area contributed by atoms with Crippen LogP contribution in [0.25, 0.3) is 0 Å². The van der Waals surface area contributed by atoms with Crippen molar-refractivity contribution in [2.75, 3.05) is 0 Å². The van der Waals surface area contributed by atoms with E-state index in [1.165, 1.54) is 5.56 Å². The molecule has 1 aromatic rings. The van der Waals surface area contributed by atoms with Gasteiger partial charge in [-0.2, -0.15) is 0 Å². The van der Waals surface area contributed by atoms with E-state index in [0.29, 0.717) is 5.56 Å². The first-order valence-corrected chi connectivity index (χ1v) is 5.07. The molecule has 0 radical (unpaired) electrons. The molecule has 0 N–H and O–H groups in total. The summed E-state index contributed by atoms with van der Waals surface area (Å²) < 4.78 is 4.53. The molecular formula is C12H12O3.